The van der Waals surface area contributed by atoms with Crippen LogP contribution in [0.2, 0.25) is 0 Å². The van der Waals surface area contributed by atoms with Crippen molar-refractivity contribution in [2.24, 2.45) is 0 Å². The minimum Gasteiger partial charge on any atom is -0.205 e. The molecule has 1 rings (SSSR count). The topological polar surface area (TPSA) is 3.88 Å². The Bertz CT molecular complexity index is 450. The van der Waals surface area contributed by atoms with E-state index in [1.165, 1.54) is 147 Å². The Morgan fingerprint density at radius 3 is 1.27 bits per heavy atom. The standard InChI is InChI=1S/C29H54N/c1-3-5-7-9-10-11-12-13-14-15-16-17-18-20-22-26-30-27-24-29(25-28-30)23-21-19-8-6-4-2/h24-25,27-28H,3-23,26H2,1-2H3/q+1. The first-order chi connectivity index (χ1) is 14.9. The van der Waals surface area contributed by atoms with Gasteiger partial charge < -0.3 is 0 Å². The van der Waals surface area contributed by atoms with Gasteiger partial charge in [-0.25, -0.2) is 4.57 Å². The second-order valence-corrected chi connectivity index (χ2v) is 9.56. The number of hydrogen-bond donors (Lipinski definition) is 0. The van der Waals surface area contributed by atoms with Crippen LogP contribution >= 0.6 is 0 Å². The molecule has 0 atom stereocenters. The smallest absolute Gasteiger partial charge is 0.169 e. The van der Waals surface area contributed by atoms with E-state index in [9.17, 15) is 0 Å². The van der Waals surface area contributed by atoms with Crippen molar-refractivity contribution >= 4 is 0 Å². The molecule has 0 saturated carbocycles. The maximum atomic E-state index is 2.38. The van der Waals surface area contributed by atoms with Gasteiger partial charge in [0.1, 0.15) is 6.54 Å². The van der Waals surface area contributed by atoms with Crippen molar-refractivity contribution in [1.82, 2.24) is 0 Å². The van der Waals surface area contributed by atoms with Crippen LogP contribution in [0, 0.1) is 0 Å². The molecule has 0 aromatic carbocycles. The van der Waals surface area contributed by atoms with Gasteiger partial charge in [0.15, 0.2) is 12.4 Å². The highest BCUT2D eigenvalue weighted by Crippen LogP contribution is 2.13. The Morgan fingerprint density at radius 2 is 0.833 bits per heavy atom. The summed E-state index contributed by atoms with van der Waals surface area (Å²) in [6.45, 7) is 5.78. The van der Waals surface area contributed by atoms with Crippen LogP contribution in [0.3, 0.4) is 0 Å². The monoisotopic (exact) mass is 416 g/mol. The minimum absolute atomic E-state index is 1.19. The SMILES string of the molecule is CCCCCCCCCCCCCCCCC[n+]1ccc(CCCCCCC)cc1. The van der Waals surface area contributed by atoms with Crippen molar-refractivity contribution in [3.63, 3.8) is 0 Å². The maximum absolute atomic E-state index is 2.38. The van der Waals surface area contributed by atoms with E-state index >= 15 is 0 Å². The lowest BCUT2D eigenvalue weighted by atomic mass is 10.0. The molecule has 0 aliphatic rings. The summed E-state index contributed by atoms with van der Waals surface area (Å²) in [7, 11) is 0. The van der Waals surface area contributed by atoms with Gasteiger partial charge in [0, 0.05) is 18.6 Å². The molecule has 174 valence electrons. The molecule has 0 aliphatic heterocycles. The Hall–Kier alpha value is -0.850. The number of pyridine rings is 1. The zero-order valence-corrected chi connectivity index (χ0v) is 20.8. The van der Waals surface area contributed by atoms with E-state index < -0.39 is 0 Å². The predicted molar refractivity (Wildman–Crippen MR) is 134 cm³/mol. The Kier molecular flexibility index (Phi) is 19.4. The van der Waals surface area contributed by atoms with Gasteiger partial charge in [-0.05, 0) is 24.8 Å². The molecule has 30 heavy (non-hydrogen) atoms. The fourth-order valence-corrected chi connectivity index (χ4v) is 4.40. The molecule has 1 aromatic heterocycles. The summed E-state index contributed by atoms with van der Waals surface area (Å²) in [4.78, 5) is 0. The lowest BCUT2D eigenvalue weighted by Crippen LogP contribution is -2.32. The summed E-state index contributed by atoms with van der Waals surface area (Å²) >= 11 is 0. The lowest BCUT2D eigenvalue weighted by Gasteiger charge is -2.03. The molecule has 0 N–H and O–H groups in total. The predicted octanol–water partition coefficient (Wildman–Crippen LogP) is 9.36. The molecule has 1 heterocycles. The molecule has 0 spiro atoms. The summed E-state index contributed by atoms with van der Waals surface area (Å²) in [6, 6.07) is 4.68. The van der Waals surface area contributed by atoms with Crippen LogP contribution in [0.15, 0.2) is 24.5 Å². The molecule has 0 unspecified atom stereocenters. The number of aryl methyl sites for hydroxylation is 2. The Labute approximate surface area is 190 Å². The van der Waals surface area contributed by atoms with E-state index in [1.54, 1.807) is 0 Å². The van der Waals surface area contributed by atoms with Crippen LogP contribution in [0.5, 0.6) is 0 Å². The van der Waals surface area contributed by atoms with Crippen molar-refractivity contribution in [3.8, 4) is 0 Å². The van der Waals surface area contributed by atoms with E-state index in [0.29, 0.717) is 0 Å². The van der Waals surface area contributed by atoms with Gasteiger partial charge >= 0.3 is 0 Å². The molecule has 0 radical (unpaired) electrons. The average molecular weight is 417 g/mol. The maximum Gasteiger partial charge on any atom is 0.169 e. The third-order valence-corrected chi connectivity index (χ3v) is 6.55. The number of nitrogens with zero attached hydrogens (tertiary/aromatic N) is 1. The molecule has 0 bridgehead atoms. The van der Waals surface area contributed by atoms with E-state index in [2.05, 4.69) is 42.9 Å². The highest BCUT2D eigenvalue weighted by molar-refractivity contribution is 5.07. The molecule has 0 fully saturated rings. The first kappa shape index (κ1) is 27.2. The number of aromatic nitrogens is 1. The molecule has 1 aromatic rings. The highest BCUT2D eigenvalue weighted by Gasteiger charge is 2.02. The first-order valence-corrected chi connectivity index (χ1v) is 13.8. The molecule has 0 amide bonds. The van der Waals surface area contributed by atoms with Crippen LogP contribution in [0.4, 0.5) is 0 Å². The Morgan fingerprint density at radius 1 is 0.467 bits per heavy atom. The van der Waals surface area contributed by atoms with Gasteiger partial charge in [-0.2, -0.15) is 0 Å². The summed E-state index contributed by atoms with van der Waals surface area (Å²) in [5.41, 5.74) is 1.51. The van der Waals surface area contributed by atoms with Crippen molar-refractivity contribution in [2.75, 3.05) is 0 Å². The average Bonchev–Trinajstić information content (AvgIpc) is 2.77. The number of unbranched alkanes of at least 4 members (excludes halogenated alkanes) is 18. The Balaban J connectivity index is 1.85. The number of hydrogen-bond acceptors (Lipinski definition) is 0. The second kappa shape index (κ2) is 21.4. The highest BCUT2D eigenvalue weighted by atomic mass is 14.9. The lowest BCUT2D eigenvalue weighted by molar-refractivity contribution is -0.697. The molecular formula is C29H54N+. The van der Waals surface area contributed by atoms with Crippen LogP contribution in [-0.2, 0) is 13.0 Å². The van der Waals surface area contributed by atoms with E-state index in [-0.39, 0.29) is 0 Å². The molecule has 0 aliphatic carbocycles. The van der Waals surface area contributed by atoms with Crippen LogP contribution in [0.25, 0.3) is 0 Å². The third kappa shape index (κ3) is 16.9. The minimum atomic E-state index is 1.19. The van der Waals surface area contributed by atoms with Gasteiger partial charge in [-0.3, -0.25) is 0 Å². The van der Waals surface area contributed by atoms with Gasteiger partial charge in [0.05, 0.1) is 0 Å². The summed E-state index contributed by atoms with van der Waals surface area (Å²) in [6.07, 6.45) is 34.3. The summed E-state index contributed by atoms with van der Waals surface area (Å²) < 4.78 is 2.38. The molecule has 1 nitrogen and oxygen atoms in total. The van der Waals surface area contributed by atoms with Crippen molar-refractivity contribution in [1.29, 1.82) is 0 Å². The third-order valence-electron chi connectivity index (χ3n) is 6.55. The van der Waals surface area contributed by atoms with E-state index in [1.807, 2.05) is 0 Å². The van der Waals surface area contributed by atoms with Crippen LogP contribution in [-0.4, -0.2) is 0 Å². The summed E-state index contributed by atoms with van der Waals surface area (Å²) in [5, 5.41) is 0. The van der Waals surface area contributed by atoms with Gasteiger partial charge in [0.2, 0.25) is 0 Å². The van der Waals surface area contributed by atoms with Gasteiger partial charge in [0.25, 0.3) is 0 Å². The van der Waals surface area contributed by atoms with E-state index in [0.717, 1.165) is 0 Å². The van der Waals surface area contributed by atoms with Crippen LogP contribution < -0.4 is 4.57 Å². The van der Waals surface area contributed by atoms with Gasteiger partial charge in [-0.1, -0.05) is 123 Å². The largest absolute Gasteiger partial charge is 0.205 e. The van der Waals surface area contributed by atoms with Crippen molar-refractivity contribution in [2.45, 2.75) is 155 Å². The normalized spacial score (nSPS) is 11.3. The fraction of sp³-hybridized carbons (Fsp3) is 0.828. The molecule has 1 heteroatoms. The second-order valence-electron chi connectivity index (χ2n) is 9.56. The molecular weight excluding hydrogens is 362 g/mol. The summed E-state index contributed by atoms with van der Waals surface area (Å²) in [5.74, 6) is 0. The molecule has 0 saturated heterocycles. The zero-order chi connectivity index (χ0) is 21.5. The quantitative estimate of drug-likeness (QED) is 0.131. The fourth-order valence-electron chi connectivity index (χ4n) is 4.40. The van der Waals surface area contributed by atoms with Crippen molar-refractivity contribution < 1.29 is 4.57 Å². The van der Waals surface area contributed by atoms with Crippen molar-refractivity contribution in [3.05, 3.63) is 30.1 Å². The van der Waals surface area contributed by atoms with E-state index in [4.69, 9.17) is 0 Å². The van der Waals surface area contributed by atoms with Crippen LogP contribution in [0.1, 0.15) is 148 Å². The first-order valence-electron chi connectivity index (χ1n) is 13.8. The zero-order valence-electron chi connectivity index (χ0n) is 20.8. The number of rotatable bonds is 22. The van der Waals surface area contributed by atoms with Gasteiger partial charge in [-0.15, -0.1) is 0 Å².